The van der Waals surface area contributed by atoms with E-state index in [9.17, 15) is 24.3 Å². The van der Waals surface area contributed by atoms with Crippen LogP contribution in [-0.4, -0.2) is 144 Å². The van der Waals surface area contributed by atoms with E-state index in [-0.39, 0.29) is 35.9 Å². The van der Waals surface area contributed by atoms with Crippen LogP contribution in [0.4, 0.5) is 10.5 Å². The molecule has 64 heavy (non-hydrogen) atoms. The number of carbonyl (C=O) groups excluding carboxylic acids is 4. The van der Waals surface area contributed by atoms with Crippen molar-refractivity contribution in [3.05, 3.63) is 125 Å². The lowest BCUT2D eigenvalue weighted by Gasteiger charge is -2.44. The van der Waals surface area contributed by atoms with Crippen molar-refractivity contribution in [3.8, 4) is 11.5 Å². The van der Waals surface area contributed by atoms with Gasteiger partial charge in [0, 0.05) is 102 Å². The van der Waals surface area contributed by atoms with Crippen molar-refractivity contribution in [1.82, 2.24) is 29.8 Å². The number of benzene rings is 4. The fourth-order valence-corrected chi connectivity index (χ4v) is 10.2. The number of nitrogens with zero attached hydrogens (tertiary/aromatic N) is 6. The molecule has 2 N–H and O–H groups in total. The van der Waals surface area contributed by atoms with Crippen molar-refractivity contribution >= 4 is 40.6 Å². The maximum atomic E-state index is 13.6. The van der Waals surface area contributed by atoms with Gasteiger partial charge in [-0.05, 0) is 102 Å². The molecule has 4 aromatic rings. The van der Waals surface area contributed by atoms with E-state index in [1.54, 1.807) is 17.0 Å². The van der Waals surface area contributed by atoms with Gasteiger partial charge in [0.1, 0.15) is 24.1 Å². The first-order chi connectivity index (χ1) is 31.2. The zero-order valence-corrected chi connectivity index (χ0v) is 36.8. The first kappa shape index (κ1) is 43.1. The number of allylic oxidation sites excluding steroid dienone is 1. The molecule has 0 aromatic heterocycles. The second-order valence-corrected chi connectivity index (χ2v) is 17.6. The summed E-state index contributed by atoms with van der Waals surface area (Å²) in [5, 5.41) is 12.4. The van der Waals surface area contributed by atoms with Gasteiger partial charge in [-0.15, -0.1) is 0 Å². The van der Waals surface area contributed by atoms with Crippen LogP contribution in [0.1, 0.15) is 71.6 Å². The normalized spacial score (nSPS) is 20.6. The lowest BCUT2D eigenvalue weighted by molar-refractivity contribution is -0.136. The average molecular weight is 866 g/mol. The van der Waals surface area contributed by atoms with Crippen LogP contribution in [0.2, 0.25) is 0 Å². The van der Waals surface area contributed by atoms with Crippen molar-refractivity contribution in [2.75, 3.05) is 83.5 Å². The summed E-state index contributed by atoms with van der Waals surface area (Å²) in [5.74, 6) is 0.258. The molecular weight excluding hydrogens is 807 g/mol. The molecule has 4 saturated heterocycles. The molecule has 5 aliphatic heterocycles. The maximum absolute atomic E-state index is 13.6. The number of aromatic hydroxyl groups is 1. The van der Waals surface area contributed by atoms with Crippen molar-refractivity contribution in [2.45, 2.75) is 57.7 Å². The van der Waals surface area contributed by atoms with Crippen molar-refractivity contribution < 1.29 is 29.0 Å². The topological polar surface area (TPSA) is 129 Å². The Morgan fingerprint density at radius 2 is 1.41 bits per heavy atom. The average Bonchev–Trinajstić information content (AvgIpc) is 3.66. The first-order valence-corrected chi connectivity index (χ1v) is 23.1. The number of ether oxygens (including phenoxy) is 1. The van der Waals surface area contributed by atoms with E-state index in [4.69, 9.17) is 4.74 Å². The number of phenolic OH excluding ortho intramolecular Hbond substituents is 1. The molecule has 4 aromatic carbocycles. The number of phenols is 1. The molecule has 9 rings (SSSR count). The summed E-state index contributed by atoms with van der Waals surface area (Å²) in [5.41, 5.74) is 8.38. The smallest absolute Gasteiger partial charge is 0.320 e. The van der Waals surface area contributed by atoms with Crippen molar-refractivity contribution in [2.24, 2.45) is 0 Å². The van der Waals surface area contributed by atoms with Crippen LogP contribution >= 0.6 is 0 Å². The molecular formula is C51H59N7O6. The highest BCUT2D eigenvalue weighted by molar-refractivity contribution is 6.05. The number of hydrogen-bond donors (Lipinski definition) is 2. The Labute approximate surface area is 375 Å². The minimum Gasteiger partial charge on any atom is -0.508 e. The van der Waals surface area contributed by atoms with Crippen LogP contribution in [-0.2, 0) is 16.1 Å². The number of rotatable bonds is 11. The molecule has 5 heterocycles. The van der Waals surface area contributed by atoms with Crippen LogP contribution < -0.4 is 15.0 Å². The monoisotopic (exact) mass is 865 g/mol. The number of likely N-dealkylation sites (tertiary alicyclic amines) is 1. The standard InChI is InChI=1S/C51H59N7O6/c1-2-44(36-6-4-3-5-7-36)48(37-8-13-42(59)14-9-37)38-10-15-43(16-11-38)64-33-32-53-24-26-57(27-25-53)51(63)56-22-20-40(21-23-56)54-28-30-55(31-29-54)41-12-17-45-39(34-41)35-58(50(45)62)46-18-19-47(60)52-49(46)61/h3-17,34,40,46,59H,2,18-33,35H2,1H3,(H,52,60,61)/b48-44-. The molecule has 0 saturated carbocycles. The molecule has 4 fully saturated rings. The van der Waals surface area contributed by atoms with E-state index < -0.39 is 6.04 Å². The number of anilines is 1. The molecule has 0 aliphatic carbocycles. The zero-order chi connectivity index (χ0) is 44.2. The van der Waals surface area contributed by atoms with Gasteiger partial charge in [0.25, 0.3) is 5.91 Å². The van der Waals surface area contributed by atoms with Crippen molar-refractivity contribution in [1.29, 1.82) is 0 Å². The van der Waals surface area contributed by atoms with E-state index >= 15 is 0 Å². The molecule has 5 amide bonds. The van der Waals surface area contributed by atoms with E-state index in [1.807, 2.05) is 52.3 Å². The van der Waals surface area contributed by atoms with Crippen LogP contribution in [0.25, 0.3) is 11.1 Å². The third-order valence-electron chi connectivity index (χ3n) is 13.8. The summed E-state index contributed by atoms with van der Waals surface area (Å²) >= 11 is 0. The highest BCUT2D eigenvalue weighted by Crippen LogP contribution is 2.36. The number of imide groups is 1. The van der Waals surface area contributed by atoms with Gasteiger partial charge in [0.2, 0.25) is 11.8 Å². The SMILES string of the molecule is CC/C(=C(\c1ccc(O)cc1)c1ccc(OCCN2CCN(C(=O)N3CCC(N4CCN(c5ccc6c(c5)CN(C5CCC(=O)NC5=O)C6=O)CC4)CC3)CC2)cc1)c1ccccc1. The lowest BCUT2D eigenvalue weighted by Crippen LogP contribution is -2.57. The lowest BCUT2D eigenvalue weighted by atomic mass is 9.88. The van der Waals surface area contributed by atoms with Gasteiger partial charge in [-0.3, -0.25) is 29.5 Å². The Morgan fingerprint density at radius 3 is 2.08 bits per heavy atom. The van der Waals surface area contributed by atoms with Crippen LogP contribution in [0.15, 0.2) is 97.1 Å². The molecule has 0 bridgehead atoms. The highest BCUT2D eigenvalue weighted by Gasteiger charge is 2.39. The second kappa shape index (κ2) is 19.3. The predicted octanol–water partition coefficient (Wildman–Crippen LogP) is 5.93. The number of hydrogen-bond acceptors (Lipinski definition) is 9. The van der Waals surface area contributed by atoms with E-state index in [2.05, 4.69) is 69.4 Å². The van der Waals surface area contributed by atoms with Gasteiger partial charge < -0.3 is 29.4 Å². The van der Waals surface area contributed by atoms with E-state index in [0.29, 0.717) is 31.2 Å². The molecule has 5 aliphatic rings. The Kier molecular flexibility index (Phi) is 13.0. The van der Waals surface area contributed by atoms with Crippen LogP contribution in [0.5, 0.6) is 11.5 Å². The van der Waals surface area contributed by atoms with Crippen molar-refractivity contribution in [3.63, 3.8) is 0 Å². The zero-order valence-electron chi connectivity index (χ0n) is 36.8. The van der Waals surface area contributed by atoms with Crippen LogP contribution in [0, 0.1) is 0 Å². The third-order valence-corrected chi connectivity index (χ3v) is 13.8. The minimum absolute atomic E-state index is 0.144. The molecule has 0 spiro atoms. The Morgan fingerprint density at radius 1 is 0.734 bits per heavy atom. The number of piperidine rings is 2. The summed E-state index contributed by atoms with van der Waals surface area (Å²) in [6.07, 6.45) is 3.42. The molecule has 13 heteroatoms. The molecule has 13 nitrogen and oxygen atoms in total. The summed E-state index contributed by atoms with van der Waals surface area (Å²) in [7, 11) is 0. The fraction of sp³-hybridized carbons (Fsp3) is 0.412. The summed E-state index contributed by atoms with van der Waals surface area (Å²) in [4.78, 5) is 63.9. The van der Waals surface area contributed by atoms with Gasteiger partial charge in [-0.2, -0.15) is 0 Å². The number of amides is 5. The Bertz CT molecular complexity index is 2350. The van der Waals surface area contributed by atoms with E-state index in [1.165, 1.54) is 11.1 Å². The molecule has 1 unspecified atom stereocenters. The number of urea groups is 1. The van der Waals surface area contributed by atoms with Crippen LogP contribution in [0.3, 0.4) is 0 Å². The van der Waals surface area contributed by atoms with Gasteiger partial charge in [-0.25, -0.2) is 4.79 Å². The maximum Gasteiger partial charge on any atom is 0.320 e. The van der Waals surface area contributed by atoms with Gasteiger partial charge in [0.05, 0.1) is 0 Å². The number of piperazine rings is 2. The Hall–Kier alpha value is -6.18. The van der Waals surface area contributed by atoms with Gasteiger partial charge in [0.15, 0.2) is 0 Å². The number of carbonyl (C=O) groups is 4. The highest BCUT2D eigenvalue weighted by atomic mass is 16.5. The first-order valence-electron chi connectivity index (χ1n) is 23.1. The summed E-state index contributed by atoms with van der Waals surface area (Å²) in [6, 6.07) is 32.2. The second-order valence-electron chi connectivity index (χ2n) is 17.6. The van der Waals surface area contributed by atoms with Gasteiger partial charge >= 0.3 is 6.03 Å². The summed E-state index contributed by atoms with van der Waals surface area (Å²) < 4.78 is 6.22. The summed E-state index contributed by atoms with van der Waals surface area (Å²) in [6.45, 7) is 12.2. The minimum atomic E-state index is -0.609. The third kappa shape index (κ3) is 9.37. The predicted molar refractivity (Wildman–Crippen MR) is 247 cm³/mol. The fourth-order valence-electron chi connectivity index (χ4n) is 10.2. The van der Waals surface area contributed by atoms with Gasteiger partial charge in [-0.1, -0.05) is 61.5 Å². The Balaban J connectivity index is 0.698. The number of fused-ring (bicyclic) bond motifs is 1. The quantitative estimate of drug-likeness (QED) is 0.140. The van der Waals surface area contributed by atoms with E-state index in [0.717, 1.165) is 125 Å². The molecule has 0 radical (unpaired) electrons. The number of nitrogens with one attached hydrogen (secondary N) is 1. The largest absolute Gasteiger partial charge is 0.508 e. The molecule has 334 valence electrons. The molecule has 1 atom stereocenters.